The molecule has 12 heavy (non-hydrogen) atoms. The van der Waals surface area contributed by atoms with Gasteiger partial charge in [0.05, 0.1) is 13.7 Å². The lowest BCUT2D eigenvalue weighted by atomic mass is 10.3. The third-order valence-electron chi connectivity index (χ3n) is 1.42. The Morgan fingerprint density at radius 1 is 1.33 bits per heavy atom. The number of benzene rings is 1. The SMILES string of the molecule is COc1ccc(SCCO)cc1. The van der Waals surface area contributed by atoms with E-state index in [1.54, 1.807) is 18.9 Å². The molecule has 1 N–H and O–H groups in total. The minimum atomic E-state index is 0.219. The van der Waals surface area contributed by atoms with Crippen LogP contribution in [0.2, 0.25) is 0 Å². The first-order chi connectivity index (χ1) is 5.86. The number of methoxy groups -OCH3 is 1. The average molecular weight is 184 g/mol. The monoisotopic (exact) mass is 184 g/mol. The summed E-state index contributed by atoms with van der Waals surface area (Å²) in [5.74, 6) is 1.61. The molecule has 0 fully saturated rings. The highest BCUT2D eigenvalue weighted by Gasteiger charge is 1.93. The molecule has 0 atom stereocenters. The van der Waals surface area contributed by atoms with Gasteiger partial charge in [-0.25, -0.2) is 0 Å². The summed E-state index contributed by atoms with van der Waals surface area (Å²) in [7, 11) is 1.65. The number of rotatable bonds is 4. The van der Waals surface area contributed by atoms with Gasteiger partial charge in [0.1, 0.15) is 5.75 Å². The van der Waals surface area contributed by atoms with Crippen LogP contribution < -0.4 is 4.74 Å². The van der Waals surface area contributed by atoms with Crippen LogP contribution in [0.1, 0.15) is 0 Å². The molecule has 0 saturated heterocycles. The summed E-state index contributed by atoms with van der Waals surface area (Å²) in [5, 5.41) is 8.58. The summed E-state index contributed by atoms with van der Waals surface area (Å²) in [6.07, 6.45) is 0. The first-order valence-electron chi connectivity index (χ1n) is 3.74. The molecule has 0 aromatic heterocycles. The van der Waals surface area contributed by atoms with Crippen LogP contribution in [0.25, 0.3) is 0 Å². The minimum Gasteiger partial charge on any atom is -0.497 e. The highest BCUT2D eigenvalue weighted by atomic mass is 32.2. The van der Waals surface area contributed by atoms with Crippen molar-refractivity contribution in [1.82, 2.24) is 0 Å². The molecular weight excluding hydrogens is 172 g/mol. The largest absolute Gasteiger partial charge is 0.497 e. The maximum atomic E-state index is 8.58. The Balaban J connectivity index is 2.53. The van der Waals surface area contributed by atoms with Crippen molar-refractivity contribution in [2.24, 2.45) is 0 Å². The van der Waals surface area contributed by atoms with E-state index < -0.39 is 0 Å². The normalized spacial score (nSPS) is 9.83. The number of aliphatic hydroxyl groups excluding tert-OH is 1. The van der Waals surface area contributed by atoms with E-state index in [0.717, 1.165) is 16.4 Å². The van der Waals surface area contributed by atoms with Crippen LogP contribution in [0.15, 0.2) is 29.2 Å². The predicted octanol–water partition coefficient (Wildman–Crippen LogP) is 1.78. The van der Waals surface area contributed by atoms with Crippen molar-refractivity contribution in [3.05, 3.63) is 24.3 Å². The van der Waals surface area contributed by atoms with Gasteiger partial charge >= 0.3 is 0 Å². The van der Waals surface area contributed by atoms with E-state index >= 15 is 0 Å². The third kappa shape index (κ3) is 2.75. The maximum Gasteiger partial charge on any atom is 0.118 e. The average Bonchev–Trinajstić information content (AvgIpc) is 2.15. The number of hydrogen-bond acceptors (Lipinski definition) is 3. The fourth-order valence-electron chi connectivity index (χ4n) is 0.835. The summed E-state index contributed by atoms with van der Waals surface area (Å²) < 4.78 is 5.01. The maximum absolute atomic E-state index is 8.58. The van der Waals surface area contributed by atoms with Crippen molar-refractivity contribution in [3.8, 4) is 5.75 Å². The van der Waals surface area contributed by atoms with E-state index in [1.807, 2.05) is 24.3 Å². The van der Waals surface area contributed by atoms with Crippen LogP contribution in [0.5, 0.6) is 5.75 Å². The van der Waals surface area contributed by atoms with Crippen LogP contribution in [0, 0.1) is 0 Å². The van der Waals surface area contributed by atoms with E-state index in [0.29, 0.717) is 0 Å². The quantitative estimate of drug-likeness (QED) is 0.723. The molecule has 0 heterocycles. The van der Waals surface area contributed by atoms with Gasteiger partial charge in [-0.05, 0) is 24.3 Å². The van der Waals surface area contributed by atoms with Crippen molar-refractivity contribution in [3.63, 3.8) is 0 Å². The third-order valence-corrected chi connectivity index (χ3v) is 2.41. The lowest BCUT2D eigenvalue weighted by Crippen LogP contribution is -1.85. The van der Waals surface area contributed by atoms with Crippen LogP contribution in [0.3, 0.4) is 0 Å². The van der Waals surface area contributed by atoms with Gasteiger partial charge in [-0.15, -0.1) is 11.8 Å². The van der Waals surface area contributed by atoms with Crippen LogP contribution in [-0.2, 0) is 0 Å². The minimum absolute atomic E-state index is 0.219. The molecule has 0 aliphatic heterocycles. The highest BCUT2D eigenvalue weighted by molar-refractivity contribution is 7.99. The first kappa shape index (κ1) is 9.42. The van der Waals surface area contributed by atoms with Gasteiger partial charge in [0.15, 0.2) is 0 Å². The molecule has 0 radical (unpaired) electrons. The topological polar surface area (TPSA) is 29.5 Å². The van der Waals surface area contributed by atoms with E-state index in [-0.39, 0.29) is 6.61 Å². The molecule has 1 aromatic carbocycles. The van der Waals surface area contributed by atoms with Gasteiger partial charge in [0.25, 0.3) is 0 Å². The molecule has 0 amide bonds. The molecule has 0 aliphatic rings. The Labute approximate surface area is 76.6 Å². The van der Waals surface area contributed by atoms with Gasteiger partial charge in [-0.3, -0.25) is 0 Å². The highest BCUT2D eigenvalue weighted by Crippen LogP contribution is 2.20. The number of hydrogen-bond donors (Lipinski definition) is 1. The number of aliphatic hydroxyl groups is 1. The van der Waals surface area contributed by atoms with Crippen LogP contribution >= 0.6 is 11.8 Å². The number of thioether (sulfide) groups is 1. The second-order valence-corrected chi connectivity index (χ2v) is 3.42. The fraction of sp³-hybridized carbons (Fsp3) is 0.333. The molecule has 0 spiro atoms. The molecule has 66 valence electrons. The zero-order valence-corrected chi connectivity index (χ0v) is 7.80. The first-order valence-corrected chi connectivity index (χ1v) is 4.73. The fourth-order valence-corrected chi connectivity index (χ4v) is 1.49. The van der Waals surface area contributed by atoms with Gasteiger partial charge in [0.2, 0.25) is 0 Å². The van der Waals surface area contributed by atoms with Crippen molar-refractivity contribution in [2.75, 3.05) is 19.5 Å². The molecular formula is C9H12O2S. The summed E-state index contributed by atoms with van der Waals surface area (Å²) in [6.45, 7) is 0.219. The van der Waals surface area contributed by atoms with Crippen molar-refractivity contribution in [1.29, 1.82) is 0 Å². The molecule has 2 nitrogen and oxygen atoms in total. The van der Waals surface area contributed by atoms with Gasteiger partial charge in [-0.2, -0.15) is 0 Å². The van der Waals surface area contributed by atoms with Gasteiger partial charge in [-0.1, -0.05) is 0 Å². The summed E-state index contributed by atoms with van der Waals surface area (Å²) in [5.41, 5.74) is 0. The van der Waals surface area contributed by atoms with Crippen LogP contribution in [-0.4, -0.2) is 24.6 Å². The zero-order valence-electron chi connectivity index (χ0n) is 6.99. The molecule has 3 heteroatoms. The molecule has 0 saturated carbocycles. The van der Waals surface area contributed by atoms with E-state index in [9.17, 15) is 0 Å². The van der Waals surface area contributed by atoms with Gasteiger partial charge in [0, 0.05) is 10.6 Å². The zero-order chi connectivity index (χ0) is 8.81. The molecule has 1 rings (SSSR count). The molecule has 0 bridgehead atoms. The summed E-state index contributed by atoms with van der Waals surface area (Å²) in [4.78, 5) is 1.16. The summed E-state index contributed by atoms with van der Waals surface area (Å²) in [6, 6.07) is 7.80. The van der Waals surface area contributed by atoms with E-state index in [2.05, 4.69) is 0 Å². The van der Waals surface area contributed by atoms with E-state index in [1.165, 1.54) is 0 Å². The van der Waals surface area contributed by atoms with E-state index in [4.69, 9.17) is 9.84 Å². The lowest BCUT2D eigenvalue weighted by molar-refractivity contribution is 0.322. The molecule has 0 unspecified atom stereocenters. The number of ether oxygens (including phenoxy) is 1. The smallest absolute Gasteiger partial charge is 0.118 e. The van der Waals surface area contributed by atoms with Crippen molar-refractivity contribution >= 4 is 11.8 Å². The standard InChI is InChI=1S/C9H12O2S/c1-11-8-2-4-9(5-3-8)12-7-6-10/h2-5,10H,6-7H2,1H3. The Morgan fingerprint density at radius 3 is 2.50 bits per heavy atom. The summed E-state index contributed by atoms with van der Waals surface area (Å²) >= 11 is 1.63. The predicted molar refractivity (Wildman–Crippen MR) is 50.8 cm³/mol. The van der Waals surface area contributed by atoms with Crippen molar-refractivity contribution in [2.45, 2.75) is 4.90 Å². The second kappa shape index (κ2) is 5.06. The Hall–Kier alpha value is -0.670. The Bertz CT molecular complexity index is 220. The molecule has 0 aliphatic carbocycles. The second-order valence-electron chi connectivity index (χ2n) is 2.25. The molecule has 1 aromatic rings. The van der Waals surface area contributed by atoms with Crippen molar-refractivity contribution < 1.29 is 9.84 Å². The lowest BCUT2D eigenvalue weighted by Gasteiger charge is -2.01. The Morgan fingerprint density at radius 2 is 2.00 bits per heavy atom. The van der Waals surface area contributed by atoms with Gasteiger partial charge < -0.3 is 9.84 Å². The van der Waals surface area contributed by atoms with Crippen LogP contribution in [0.4, 0.5) is 0 Å². The Kier molecular flexibility index (Phi) is 3.97.